The molecule has 1 atom stereocenters. The number of carbonyl (C=O) groups is 2. The Morgan fingerprint density at radius 2 is 1.46 bits per heavy atom. The predicted molar refractivity (Wildman–Crippen MR) is 137 cm³/mol. The Morgan fingerprint density at radius 3 is 2.06 bits per heavy atom. The van der Waals surface area contributed by atoms with E-state index in [1.54, 1.807) is 31.3 Å². The molecule has 0 aliphatic rings. The highest BCUT2D eigenvalue weighted by Crippen LogP contribution is 2.29. The average molecular weight is 475 g/mol. The molecule has 3 aromatic carbocycles. The van der Waals surface area contributed by atoms with E-state index in [1.807, 2.05) is 80.6 Å². The van der Waals surface area contributed by atoms with E-state index in [1.165, 1.54) is 0 Å². The maximum atomic E-state index is 13.8. The van der Waals surface area contributed by atoms with Gasteiger partial charge in [-0.05, 0) is 34.7 Å². The lowest BCUT2D eigenvalue weighted by Crippen LogP contribution is -2.44. The molecule has 0 saturated carbocycles. The second-order valence-corrected chi connectivity index (χ2v) is 8.83. The fraction of sp³-hybridized carbons (Fsp3) is 0.310. The van der Waals surface area contributed by atoms with Crippen molar-refractivity contribution >= 4 is 11.8 Å². The van der Waals surface area contributed by atoms with Gasteiger partial charge in [0.15, 0.2) is 11.5 Å². The first kappa shape index (κ1) is 25.8. The monoisotopic (exact) mass is 474 g/mol. The van der Waals surface area contributed by atoms with Crippen molar-refractivity contribution < 1.29 is 19.1 Å². The molecular formula is C29H34N2O4. The van der Waals surface area contributed by atoms with Crippen LogP contribution in [0, 0.1) is 5.92 Å². The number of rotatable bonds is 11. The van der Waals surface area contributed by atoms with Gasteiger partial charge < -0.3 is 19.7 Å². The van der Waals surface area contributed by atoms with Crippen LogP contribution in [0.5, 0.6) is 11.5 Å². The Hall–Kier alpha value is -3.80. The number of hydrogen-bond acceptors (Lipinski definition) is 4. The average Bonchev–Trinajstić information content (AvgIpc) is 2.88. The first-order valence-electron chi connectivity index (χ1n) is 11.8. The molecule has 0 spiro atoms. The predicted octanol–water partition coefficient (Wildman–Crippen LogP) is 4.79. The van der Waals surface area contributed by atoms with Crippen molar-refractivity contribution in [1.29, 1.82) is 0 Å². The Bertz CT molecular complexity index is 1100. The van der Waals surface area contributed by atoms with Crippen molar-refractivity contribution in [3.05, 3.63) is 95.6 Å². The molecule has 0 radical (unpaired) electrons. The van der Waals surface area contributed by atoms with E-state index in [0.717, 1.165) is 16.7 Å². The number of carbonyl (C=O) groups excluding carboxylic acids is 2. The summed E-state index contributed by atoms with van der Waals surface area (Å²) in [5.41, 5.74) is 2.50. The minimum atomic E-state index is -0.761. The second kappa shape index (κ2) is 12.6. The number of benzene rings is 3. The van der Waals surface area contributed by atoms with Crippen LogP contribution in [0.25, 0.3) is 0 Å². The second-order valence-electron chi connectivity index (χ2n) is 8.83. The maximum Gasteiger partial charge on any atom is 0.247 e. The SMILES string of the molecule is COc1ccc(CC(=O)N(Cc2ccccc2)[C@@H](C(=O)NCC(C)C)c2ccccc2)cc1OC. The number of nitrogens with one attached hydrogen (secondary N) is 1. The van der Waals surface area contributed by atoms with E-state index < -0.39 is 6.04 Å². The molecule has 0 fully saturated rings. The Labute approximate surface area is 207 Å². The summed E-state index contributed by atoms with van der Waals surface area (Å²) in [6.45, 7) is 4.93. The van der Waals surface area contributed by atoms with Crippen LogP contribution >= 0.6 is 0 Å². The molecule has 2 amide bonds. The summed E-state index contributed by atoms with van der Waals surface area (Å²) in [7, 11) is 3.14. The molecule has 0 bridgehead atoms. The number of nitrogens with zero attached hydrogens (tertiary/aromatic N) is 1. The van der Waals surface area contributed by atoms with Gasteiger partial charge in [-0.15, -0.1) is 0 Å². The van der Waals surface area contributed by atoms with Crippen LogP contribution in [-0.4, -0.2) is 37.5 Å². The third kappa shape index (κ3) is 7.09. The summed E-state index contributed by atoms with van der Waals surface area (Å²) in [5, 5.41) is 3.03. The lowest BCUT2D eigenvalue weighted by molar-refractivity contribution is -0.141. The zero-order chi connectivity index (χ0) is 25.2. The molecule has 0 aliphatic carbocycles. The molecule has 0 unspecified atom stereocenters. The van der Waals surface area contributed by atoms with Crippen LogP contribution in [0.4, 0.5) is 0 Å². The molecule has 0 aliphatic heterocycles. The van der Waals surface area contributed by atoms with Crippen LogP contribution in [0.3, 0.4) is 0 Å². The zero-order valence-corrected chi connectivity index (χ0v) is 20.9. The van der Waals surface area contributed by atoms with E-state index >= 15 is 0 Å². The fourth-order valence-electron chi connectivity index (χ4n) is 3.88. The highest BCUT2D eigenvalue weighted by Gasteiger charge is 2.31. The van der Waals surface area contributed by atoms with Crippen LogP contribution < -0.4 is 14.8 Å². The molecule has 1 N–H and O–H groups in total. The lowest BCUT2D eigenvalue weighted by Gasteiger charge is -2.32. The zero-order valence-electron chi connectivity index (χ0n) is 20.9. The first-order chi connectivity index (χ1) is 16.9. The number of amides is 2. The first-order valence-corrected chi connectivity index (χ1v) is 11.8. The Kier molecular flexibility index (Phi) is 9.30. The van der Waals surface area contributed by atoms with Crippen LogP contribution in [-0.2, 0) is 22.6 Å². The van der Waals surface area contributed by atoms with Crippen molar-refractivity contribution in [3.8, 4) is 11.5 Å². The van der Waals surface area contributed by atoms with Crippen molar-refractivity contribution in [2.75, 3.05) is 20.8 Å². The number of methoxy groups -OCH3 is 2. The molecule has 0 aromatic heterocycles. The van der Waals surface area contributed by atoms with Gasteiger partial charge in [0, 0.05) is 13.1 Å². The minimum Gasteiger partial charge on any atom is -0.493 e. The third-order valence-electron chi connectivity index (χ3n) is 5.68. The molecule has 184 valence electrons. The standard InChI is InChI=1S/C29H34N2O4/c1-21(2)19-30-29(33)28(24-13-9-6-10-14-24)31(20-22-11-7-5-8-12-22)27(32)18-23-15-16-25(34-3)26(17-23)35-4/h5-17,21,28H,18-20H2,1-4H3,(H,30,33)/t28-/m1/s1. The number of ether oxygens (including phenoxy) is 2. The normalized spacial score (nSPS) is 11.6. The van der Waals surface area contributed by atoms with Crippen LogP contribution in [0.15, 0.2) is 78.9 Å². The summed E-state index contributed by atoms with van der Waals surface area (Å²) in [6, 6.07) is 23.8. The third-order valence-corrected chi connectivity index (χ3v) is 5.68. The molecule has 0 saturated heterocycles. The van der Waals surface area contributed by atoms with E-state index in [2.05, 4.69) is 5.32 Å². The molecular weight excluding hydrogens is 440 g/mol. The van der Waals surface area contributed by atoms with Gasteiger partial charge in [-0.25, -0.2) is 0 Å². The van der Waals surface area contributed by atoms with Gasteiger partial charge in [0.25, 0.3) is 0 Å². The Balaban J connectivity index is 1.98. The van der Waals surface area contributed by atoms with E-state index in [-0.39, 0.29) is 18.2 Å². The quantitative estimate of drug-likeness (QED) is 0.434. The minimum absolute atomic E-state index is 0.119. The van der Waals surface area contributed by atoms with Gasteiger partial charge >= 0.3 is 0 Å². The van der Waals surface area contributed by atoms with Gasteiger partial charge in [0.2, 0.25) is 11.8 Å². The fourth-order valence-corrected chi connectivity index (χ4v) is 3.88. The number of hydrogen-bond donors (Lipinski definition) is 1. The van der Waals surface area contributed by atoms with Gasteiger partial charge in [-0.3, -0.25) is 9.59 Å². The molecule has 6 nitrogen and oxygen atoms in total. The summed E-state index contributed by atoms with van der Waals surface area (Å²) in [6.07, 6.45) is 0.119. The molecule has 3 aromatic rings. The largest absolute Gasteiger partial charge is 0.493 e. The topological polar surface area (TPSA) is 67.9 Å². The van der Waals surface area contributed by atoms with Gasteiger partial charge in [-0.2, -0.15) is 0 Å². The van der Waals surface area contributed by atoms with E-state index in [9.17, 15) is 9.59 Å². The van der Waals surface area contributed by atoms with Crippen LogP contribution in [0.2, 0.25) is 0 Å². The summed E-state index contributed by atoms with van der Waals surface area (Å²) >= 11 is 0. The van der Waals surface area contributed by atoms with Crippen molar-refractivity contribution in [3.63, 3.8) is 0 Å². The van der Waals surface area contributed by atoms with Gasteiger partial charge in [0.05, 0.1) is 20.6 Å². The Morgan fingerprint density at radius 1 is 0.829 bits per heavy atom. The highest BCUT2D eigenvalue weighted by molar-refractivity contribution is 5.89. The van der Waals surface area contributed by atoms with E-state index in [4.69, 9.17) is 9.47 Å². The molecule has 3 rings (SSSR count). The highest BCUT2D eigenvalue weighted by atomic mass is 16.5. The van der Waals surface area contributed by atoms with Gasteiger partial charge in [-0.1, -0.05) is 80.6 Å². The van der Waals surface area contributed by atoms with Crippen molar-refractivity contribution in [1.82, 2.24) is 10.2 Å². The van der Waals surface area contributed by atoms with Crippen LogP contribution in [0.1, 0.15) is 36.6 Å². The van der Waals surface area contributed by atoms with Crippen molar-refractivity contribution in [2.45, 2.75) is 32.9 Å². The van der Waals surface area contributed by atoms with Gasteiger partial charge in [0.1, 0.15) is 6.04 Å². The molecule has 0 heterocycles. The van der Waals surface area contributed by atoms with E-state index in [0.29, 0.717) is 30.5 Å². The van der Waals surface area contributed by atoms with Crippen molar-refractivity contribution in [2.24, 2.45) is 5.92 Å². The summed E-state index contributed by atoms with van der Waals surface area (Å²) in [4.78, 5) is 28.9. The molecule has 35 heavy (non-hydrogen) atoms. The maximum absolute atomic E-state index is 13.8. The smallest absolute Gasteiger partial charge is 0.247 e. The molecule has 6 heteroatoms. The lowest BCUT2D eigenvalue weighted by atomic mass is 10.0. The summed E-state index contributed by atoms with van der Waals surface area (Å²) < 4.78 is 10.7. The summed E-state index contributed by atoms with van der Waals surface area (Å²) in [5.74, 6) is 1.10.